The molecule has 0 radical (unpaired) electrons. The molecule has 3 rings (SSSR count). The predicted octanol–water partition coefficient (Wildman–Crippen LogP) is 0.948. The Kier molecular flexibility index (Phi) is 3.50. The SMILES string of the molecule is N#Cc1ccc(F)c(Cn2cnc3c(c2=O)CCNC3)c1. The molecule has 1 aromatic heterocycles. The highest BCUT2D eigenvalue weighted by Crippen LogP contribution is 2.12. The second-order valence-corrected chi connectivity index (χ2v) is 4.95. The van der Waals surface area contributed by atoms with Gasteiger partial charge in [-0.15, -0.1) is 0 Å². The minimum atomic E-state index is -0.430. The summed E-state index contributed by atoms with van der Waals surface area (Å²) in [7, 11) is 0. The first-order valence-electron chi connectivity index (χ1n) is 6.65. The molecule has 0 amide bonds. The normalized spacial score (nSPS) is 13.5. The van der Waals surface area contributed by atoms with Crippen LogP contribution in [0.3, 0.4) is 0 Å². The fourth-order valence-electron chi connectivity index (χ4n) is 2.45. The Bertz CT molecular complexity index is 791. The average Bonchev–Trinajstić information content (AvgIpc) is 2.52. The molecule has 0 unspecified atom stereocenters. The number of fused-ring (bicyclic) bond motifs is 1. The van der Waals surface area contributed by atoms with Gasteiger partial charge in [0.15, 0.2) is 0 Å². The number of nitriles is 1. The van der Waals surface area contributed by atoms with Crippen LogP contribution in [0.4, 0.5) is 4.39 Å². The molecule has 0 saturated carbocycles. The second-order valence-electron chi connectivity index (χ2n) is 4.95. The molecule has 106 valence electrons. The van der Waals surface area contributed by atoms with Crippen LogP contribution < -0.4 is 10.9 Å². The topological polar surface area (TPSA) is 70.7 Å². The van der Waals surface area contributed by atoms with E-state index in [0.29, 0.717) is 29.7 Å². The zero-order valence-corrected chi connectivity index (χ0v) is 11.3. The number of benzene rings is 1. The van der Waals surface area contributed by atoms with Crippen LogP contribution in [0.2, 0.25) is 0 Å². The van der Waals surface area contributed by atoms with Crippen LogP contribution in [-0.4, -0.2) is 16.1 Å². The largest absolute Gasteiger partial charge is 0.311 e. The van der Waals surface area contributed by atoms with Crippen LogP contribution in [0.1, 0.15) is 22.4 Å². The number of aromatic nitrogens is 2. The molecule has 1 aromatic carbocycles. The van der Waals surface area contributed by atoms with Crippen LogP contribution in [-0.2, 0) is 19.5 Å². The number of nitrogens with zero attached hydrogens (tertiary/aromatic N) is 3. The summed E-state index contributed by atoms with van der Waals surface area (Å²) in [6.45, 7) is 1.41. The molecule has 0 saturated heterocycles. The molecule has 2 heterocycles. The smallest absolute Gasteiger partial charge is 0.257 e. The molecule has 1 aliphatic rings. The van der Waals surface area contributed by atoms with Gasteiger partial charge in [0.1, 0.15) is 5.82 Å². The predicted molar refractivity (Wildman–Crippen MR) is 74.1 cm³/mol. The molecule has 21 heavy (non-hydrogen) atoms. The van der Waals surface area contributed by atoms with Gasteiger partial charge in [0.2, 0.25) is 0 Å². The van der Waals surface area contributed by atoms with Crippen molar-refractivity contribution in [1.29, 1.82) is 5.26 Å². The number of nitrogens with one attached hydrogen (secondary N) is 1. The third-order valence-corrected chi connectivity index (χ3v) is 3.58. The van der Waals surface area contributed by atoms with Crippen molar-refractivity contribution >= 4 is 0 Å². The lowest BCUT2D eigenvalue weighted by atomic mass is 10.1. The van der Waals surface area contributed by atoms with Gasteiger partial charge in [-0.05, 0) is 31.2 Å². The Balaban J connectivity index is 2.00. The van der Waals surface area contributed by atoms with E-state index in [1.165, 1.54) is 29.1 Å². The van der Waals surface area contributed by atoms with Crippen LogP contribution in [0.5, 0.6) is 0 Å². The number of halogens is 1. The first-order valence-corrected chi connectivity index (χ1v) is 6.65. The standard InChI is InChI=1S/C15H13FN4O/c16-13-2-1-10(6-17)5-11(13)8-20-9-19-14-7-18-4-3-12(14)15(20)21/h1-2,5,9,18H,3-4,7-8H2. The van der Waals surface area contributed by atoms with E-state index in [9.17, 15) is 9.18 Å². The Morgan fingerprint density at radius 3 is 3.14 bits per heavy atom. The molecule has 0 fully saturated rings. The maximum atomic E-state index is 13.8. The molecule has 0 aliphatic carbocycles. The first kappa shape index (κ1) is 13.5. The minimum absolute atomic E-state index is 0.0773. The van der Waals surface area contributed by atoms with Crippen LogP contribution in [0.25, 0.3) is 0 Å². The number of rotatable bonds is 2. The Labute approximate surface area is 120 Å². The lowest BCUT2D eigenvalue weighted by molar-refractivity contribution is 0.576. The zero-order valence-electron chi connectivity index (χ0n) is 11.3. The van der Waals surface area contributed by atoms with E-state index in [4.69, 9.17) is 5.26 Å². The molecule has 0 atom stereocenters. The van der Waals surface area contributed by atoms with Crippen molar-refractivity contribution < 1.29 is 4.39 Å². The highest BCUT2D eigenvalue weighted by molar-refractivity contribution is 5.34. The van der Waals surface area contributed by atoms with Crippen molar-refractivity contribution in [3.05, 3.63) is 63.1 Å². The summed E-state index contributed by atoms with van der Waals surface area (Å²) in [5, 5.41) is 12.0. The Hall–Kier alpha value is -2.52. The maximum Gasteiger partial charge on any atom is 0.257 e. The molecule has 6 heteroatoms. The molecular formula is C15H13FN4O. The summed E-state index contributed by atoms with van der Waals surface area (Å²) in [6.07, 6.45) is 2.06. The van der Waals surface area contributed by atoms with Gasteiger partial charge < -0.3 is 5.32 Å². The fourth-order valence-corrected chi connectivity index (χ4v) is 2.45. The second kappa shape index (κ2) is 5.46. The third kappa shape index (κ3) is 2.56. The first-order chi connectivity index (χ1) is 10.2. The summed E-state index contributed by atoms with van der Waals surface area (Å²) in [4.78, 5) is 16.7. The van der Waals surface area contributed by atoms with E-state index in [-0.39, 0.29) is 12.1 Å². The van der Waals surface area contributed by atoms with Crippen molar-refractivity contribution in [1.82, 2.24) is 14.9 Å². The summed E-state index contributed by atoms with van der Waals surface area (Å²) in [5.74, 6) is -0.430. The van der Waals surface area contributed by atoms with Gasteiger partial charge in [-0.2, -0.15) is 5.26 Å². The molecule has 1 N–H and O–H groups in total. The average molecular weight is 284 g/mol. The van der Waals surface area contributed by atoms with Gasteiger partial charge in [0.25, 0.3) is 5.56 Å². The fraction of sp³-hybridized carbons (Fsp3) is 0.267. The van der Waals surface area contributed by atoms with Crippen LogP contribution in [0, 0.1) is 17.1 Å². The van der Waals surface area contributed by atoms with Crippen molar-refractivity contribution in [2.75, 3.05) is 6.54 Å². The maximum absolute atomic E-state index is 13.8. The van der Waals surface area contributed by atoms with E-state index in [1.54, 1.807) is 0 Å². The van der Waals surface area contributed by atoms with Gasteiger partial charge in [0, 0.05) is 17.7 Å². The lowest BCUT2D eigenvalue weighted by Gasteiger charge is -2.17. The molecule has 0 bridgehead atoms. The van der Waals surface area contributed by atoms with Gasteiger partial charge in [-0.3, -0.25) is 9.36 Å². The van der Waals surface area contributed by atoms with E-state index in [1.807, 2.05) is 6.07 Å². The molecular weight excluding hydrogens is 271 g/mol. The summed E-state index contributed by atoms with van der Waals surface area (Å²) in [6, 6.07) is 6.09. The Morgan fingerprint density at radius 2 is 2.33 bits per heavy atom. The quantitative estimate of drug-likeness (QED) is 0.891. The van der Waals surface area contributed by atoms with Gasteiger partial charge >= 0.3 is 0 Å². The number of hydrogen-bond donors (Lipinski definition) is 1. The monoisotopic (exact) mass is 284 g/mol. The highest BCUT2D eigenvalue weighted by Gasteiger charge is 2.16. The Morgan fingerprint density at radius 1 is 1.48 bits per heavy atom. The van der Waals surface area contributed by atoms with Gasteiger partial charge in [-0.1, -0.05) is 0 Å². The van der Waals surface area contributed by atoms with E-state index in [0.717, 1.165) is 12.2 Å². The van der Waals surface area contributed by atoms with E-state index in [2.05, 4.69) is 10.3 Å². The van der Waals surface area contributed by atoms with Crippen molar-refractivity contribution in [3.8, 4) is 6.07 Å². The highest BCUT2D eigenvalue weighted by atomic mass is 19.1. The van der Waals surface area contributed by atoms with E-state index < -0.39 is 5.82 Å². The van der Waals surface area contributed by atoms with Crippen LogP contribution >= 0.6 is 0 Å². The summed E-state index contributed by atoms with van der Waals surface area (Å²) >= 11 is 0. The summed E-state index contributed by atoms with van der Waals surface area (Å²) < 4.78 is 15.2. The number of hydrogen-bond acceptors (Lipinski definition) is 4. The van der Waals surface area contributed by atoms with Crippen LogP contribution in [0.15, 0.2) is 29.3 Å². The molecule has 1 aliphatic heterocycles. The van der Waals surface area contributed by atoms with Gasteiger partial charge in [0.05, 0.1) is 30.2 Å². The molecule has 0 spiro atoms. The third-order valence-electron chi connectivity index (χ3n) is 3.58. The van der Waals surface area contributed by atoms with Crippen molar-refractivity contribution in [3.63, 3.8) is 0 Å². The molecule has 2 aromatic rings. The van der Waals surface area contributed by atoms with E-state index >= 15 is 0 Å². The van der Waals surface area contributed by atoms with Crippen molar-refractivity contribution in [2.24, 2.45) is 0 Å². The summed E-state index contributed by atoms with van der Waals surface area (Å²) in [5.41, 5.74) is 1.99. The zero-order chi connectivity index (χ0) is 14.8. The van der Waals surface area contributed by atoms with Gasteiger partial charge in [-0.25, -0.2) is 9.37 Å². The minimum Gasteiger partial charge on any atom is -0.311 e. The molecule has 5 nitrogen and oxygen atoms in total. The van der Waals surface area contributed by atoms with Crippen molar-refractivity contribution in [2.45, 2.75) is 19.5 Å². The lowest BCUT2D eigenvalue weighted by Crippen LogP contribution is -2.34.